The van der Waals surface area contributed by atoms with E-state index in [0.29, 0.717) is 0 Å². The van der Waals surface area contributed by atoms with E-state index in [4.69, 9.17) is 19.9 Å². The Morgan fingerprint density at radius 3 is 2.48 bits per heavy atom. The molecule has 21 heavy (non-hydrogen) atoms. The number of benzene rings is 1. The van der Waals surface area contributed by atoms with Crippen LogP contribution in [0.1, 0.15) is 6.42 Å². The first-order valence-electron chi connectivity index (χ1n) is 5.84. The fraction of sp³-hybridized carbons (Fsp3) is 0.364. The molecule has 0 spiro atoms. The maximum atomic E-state index is 12.3. The van der Waals surface area contributed by atoms with E-state index in [9.17, 15) is 19.5 Å². The van der Waals surface area contributed by atoms with Crippen molar-refractivity contribution in [2.75, 3.05) is 13.3 Å². The molecule has 2 unspecified atom stereocenters. The van der Waals surface area contributed by atoms with Crippen molar-refractivity contribution in [3.63, 3.8) is 0 Å². The zero-order valence-corrected chi connectivity index (χ0v) is 12.1. The van der Waals surface area contributed by atoms with E-state index in [2.05, 4.69) is 0 Å². The van der Waals surface area contributed by atoms with Crippen LogP contribution < -0.4 is 10.3 Å². The van der Waals surface area contributed by atoms with Crippen molar-refractivity contribution in [2.24, 2.45) is 5.73 Å². The Balaban J connectivity index is 2.73. The molecule has 0 heterocycles. The van der Waals surface area contributed by atoms with Crippen molar-refractivity contribution in [3.05, 3.63) is 34.4 Å². The van der Waals surface area contributed by atoms with Gasteiger partial charge in [-0.3, -0.25) is 14.9 Å². The molecule has 0 fully saturated rings. The number of nitrogens with zero attached hydrogens (tertiary/aromatic N) is 1. The fourth-order valence-electron chi connectivity index (χ4n) is 1.38. The molecule has 10 heteroatoms. The molecular weight excluding hydrogens is 303 g/mol. The molecule has 2 atom stereocenters. The summed E-state index contributed by atoms with van der Waals surface area (Å²) < 4.78 is 22.2. The number of aliphatic carboxylic acids is 1. The lowest BCUT2D eigenvalue weighted by molar-refractivity contribution is -0.384. The Morgan fingerprint density at radius 1 is 1.48 bits per heavy atom. The van der Waals surface area contributed by atoms with Gasteiger partial charge in [0.25, 0.3) is 5.69 Å². The molecule has 0 aromatic heterocycles. The summed E-state index contributed by atoms with van der Waals surface area (Å²) in [6, 6.07) is 3.77. The quantitative estimate of drug-likeness (QED) is 0.418. The van der Waals surface area contributed by atoms with Gasteiger partial charge in [-0.25, -0.2) is 4.57 Å². The van der Waals surface area contributed by atoms with Gasteiger partial charge >= 0.3 is 13.6 Å². The minimum absolute atomic E-state index is 0.0898. The normalized spacial score (nSPS) is 15.0. The van der Waals surface area contributed by atoms with Crippen LogP contribution in [0, 0.1) is 10.1 Å². The first-order chi connectivity index (χ1) is 9.77. The van der Waals surface area contributed by atoms with E-state index in [1.165, 1.54) is 31.4 Å². The molecule has 1 aromatic rings. The number of carboxylic acid groups (broad SMARTS) is 1. The predicted molar refractivity (Wildman–Crippen MR) is 73.4 cm³/mol. The zero-order chi connectivity index (χ0) is 16.0. The highest BCUT2D eigenvalue weighted by Crippen LogP contribution is 2.48. The van der Waals surface area contributed by atoms with Crippen LogP contribution in [0.5, 0.6) is 5.75 Å². The van der Waals surface area contributed by atoms with Crippen molar-refractivity contribution in [3.8, 4) is 5.75 Å². The maximum absolute atomic E-state index is 12.3. The lowest BCUT2D eigenvalue weighted by Gasteiger charge is -2.18. The van der Waals surface area contributed by atoms with Crippen LogP contribution in [0.4, 0.5) is 5.69 Å². The van der Waals surface area contributed by atoms with Gasteiger partial charge in [-0.2, -0.15) is 0 Å². The zero-order valence-electron chi connectivity index (χ0n) is 11.2. The average Bonchev–Trinajstić information content (AvgIpc) is 2.45. The molecule has 0 amide bonds. The van der Waals surface area contributed by atoms with Crippen LogP contribution in [-0.4, -0.2) is 35.3 Å². The molecule has 3 N–H and O–H groups in total. The van der Waals surface area contributed by atoms with Crippen LogP contribution >= 0.6 is 7.60 Å². The van der Waals surface area contributed by atoms with E-state index in [-0.39, 0.29) is 24.0 Å². The molecule has 9 nitrogen and oxygen atoms in total. The molecule has 0 radical (unpaired) electrons. The molecule has 0 bridgehead atoms. The summed E-state index contributed by atoms with van der Waals surface area (Å²) in [6.07, 6.45) is -0.276. The molecule has 116 valence electrons. The molecule has 1 aromatic carbocycles. The van der Waals surface area contributed by atoms with Crippen molar-refractivity contribution in [2.45, 2.75) is 12.5 Å². The van der Waals surface area contributed by atoms with Crippen LogP contribution in [0.2, 0.25) is 0 Å². The highest BCUT2D eigenvalue weighted by molar-refractivity contribution is 7.54. The summed E-state index contributed by atoms with van der Waals surface area (Å²) in [5.41, 5.74) is 5.18. The number of rotatable bonds is 8. The first kappa shape index (κ1) is 17.1. The van der Waals surface area contributed by atoms with Crippen LogP contribution in [0.3, 0.4) is 0 Å². The molecular formula is C11H15N2O7P. The van der Waals surface area contributed by atoms with Gasteiger partial charge in [0, 0.05) is 19.2 Å². The van der Waals surface area contributed by atoms with E-state index in [1.807, 2.05) is 0 Å². The minimum Gasteiger partial charge on any atom is -0.480 e. The van der Waals surface area contributed by atoms with Gasteiger partial charge in [0.15, 0.2) is 0 Å². The lowest BCUT2D eigenvalue weighted by Crippen LogP contribution is -2.31. The topological polar surface area (TPSA) is 142 Å². The number of carbonyl (C=O) groups is 1. The standard InChI is InChI=1S/C11H15N2O7P/c1-19-21(18,7-6-10(12)11(14)15)20-9-4-2-8(3-5-9)13(16)17/h2-5,10H,6-7,12H2,1H3,(H,14,15). The van der Waals surface area contributed by atoms with Gasteiger partial charge in [-0.15, -0.1) is 0 Å². The monoisotopic (exact) mass is 318 g/mol. The molecule has 0 aliphatic carbocycles. The average molecular weight is 318 g/mol. The van der Waals surface area contributed by atoms with Crippen LogP contribution in [0.15, 0.2) is 24.3 Å². The van der Waals surface area contributed by atoms with E-state index < -0.39 is 24.5 Å². The fourth-order valence-corrected chi connectivity index (χ4v) is 2.77. The number of nitro groups is 1. The summed E-state index contributed by atoms with van der Waals surface area (Å²) in [5, 5.41) is 19.2. The van der Waals surface area contributed by atoms with E-state index in [1.54, 1.807) is 0 Å². The van der Waals surface area contributed by atoms with Crippen LogP contribution in [0.25, 0.3) is 0 Å². The second-order valence-electron chi connectivity index (χ2n) is 4.09. The predicted octanol–water partition coefficient (Wildman–Crippen LogP) is 1.62. The summed E-state index contributed by atoms with van der Waals surface area (Å²) in [4.78, 5) is 20.5. The second kappa shape index (κ2) is 7.16. The van der Waals surface area contributed by atoms with E-state index in [0.717, 1.165) is 0 Å². The second-order valence-corrected chi connectivity index (χ2v) is 6.31. The van der Waals surface area contributed by atoms with Gasteiger partial charge in [0.2, 0.25) is 0 Å². The third-order valence-electron chi connectivity index (χ3n) is 2.60. The Kier molecular flexibility index (Phi) is 5.83. The van der Waals surface area contributed by atoms with Crippen molar-refractivity contribution < 1.29 is 28.4 Å². The number of non-ortho nitro benzene ring substituents is 1. The Labute approximate surface area is 120 Å². The third kappa shape index (κ3) is 5.14. The summed E-state index contributed by atoms with van der Waals surface area (Å²) in [5.74, 6) is -1.09. The Hall–Kier alpha value is -1.96. The van der Waals surface area contributed by atoms with Gasteiger partial charge in [-0.05, 0) is 18.6 Å². The highest BCUT2D eigenvalue weighted by Gasteiger charge is 2.27. The molecule has 0 saturated heterocycles. The summed E-state index contributed by atoms with van der Waals surface area (Å²) >= 11 is 0. The van der Waals surface area contributed by atoms with Gasteiger partial charge in [-0.1, -0.05) is 0 Å². The summed E-state index contributed by atoms with van der Waals surface area (Å²) in [6.45, 7) is 0. The SMILES string of the molecule is COP(=O)(CCC(N)C(=O)O)Oc1ccc([N+](=O)[O-])cc1. The van der Waals surface area contributed by atoms with Gasteiger partial charge in [0.1, 0.15) is 11.8 Å². The van der Waals surface area contributed by atoms with Crippen molar-refractivity contribution in [1.29, 1.82) is 0 Å². The number of nitrogens with two attached hydrogens (primary N) is 1. The number of carboxylic acids is 1. The van der Waals surface area contributed by atoms with E-state index >= 15 is 0 Å². The third-order valence-corrected chi connectivity index (χ3v) is 4.45. The van der Waals surface area contributed by atoms with Crippen molar-refractivity contribution in [1.82, 2.24) is 0 Å². The minimum atomic E-state index is -3.57. The Bertz CT molecular complexity index is 560. The van der Waals surface area contributed by atoms with Gasteiger partial charge in [0.05, 0.1) is 11.1 Å². The lowest BCUT2D eigenvalue weighted by atomic mass is 10.2. The molecule has 0 aliphatic rings. The number of hydrogen-bond donors (Lipinski definition) is 2. The van der Waals surface area contributed by atoms with Crippen molar-refractivity contribution >= 4 is 19.3 Å². The molecule has 0 aliphatic heterocycles. The largest absolute Gasteiger partial charge is 0.480 e. The number of hydrogen-bond acceptors (Lipinski definition) is 7. The highest BCUT2D eigenvalue weighted by atomic mass is 31.2. The first-order valence-corrected chi connectivity index (χ1v) is 7.57. The van der Waals surface area contributed by atoms with Crippen LogP contribution in [-0.2, 0) is 13.9 Å². The Morgan fingerprint density at radius 2 is 2.05 bits per heavy atom. The molecule has 1 rings (SSSR count). The number of nitro benzene ring substituents is 1. The molecule has 0 saturated carbocycles. The summed E-state index contributed by atoms with van der Waals surface area (Å²) in [7, 11) is -2.40. The smallest absolute Gasteiger partial charge is 0.378 e. The van der Waals surface area contributed by atoms with Gasteiger partial charge < -0.3 is 19.9 Å². The maximum Gasteiger partial charge on any atom is 0.378 e.